The van der Waals surface area contributed by atoms with E-state index >= 15 is 0 Å². The molecule has 0 aromatic heterocycles. The Morgan fingerprint density at radius 1 is 1.16 bits per heavy atom. The molecule has 1 atom stereocenters. The third kappa shape index (κ3) is 6.96. The smallest absolute Gasteiger partial charge is 0.260 e. The largest absolute Gasteiger partial charge is 0.484 e. The molecule has 1 aromatic rings. The Balaban J connectivity index is 1.54. The average Bonchev–Trinajstić information content (AvgIpc) is 3.28. The maximum atomic E-state index is 13.0. The zero-order valence-corrected chi connectivity index (χ0v) is 19.5. The quantitative estimate of drug-likeness (QED) is 0.604. The van der Waals surface area contributed by atoms with Crippen molar-refractivity contribution in [1.29, 1.82) is 0 Å². The van der Waals surface area contributed by atoms with Crippen LogP contribution in [0.3, 0.4) is 0 Å². The van der Waals surface area contributed by atoms with E-state index in [4.69, 9.17) is 4.74 Å². The normalized spacial score (nSPS) is 19.6. The average molecular weight is 430 g/mol. The molecule has 0 radical (unpaired) electrons. The maximum absolute atomic E-state index is 13.0. The van der Waals surface area contributed by atoms with Crippen LogP contribution in [0.5, 0.6) is 5.75 Å². The first-order valence-corrected chi connectivity index (χ1v) is 11.9. The van der Waals surface area contributed by atoms with Crippen LogP contribution in [0.15, 0.2) is 24.3 Å². The van der Waals surface area contributed by atoms with Crippen LogP contribution >= 0.6 is 0 Å². The number of rotatable bonds is 9. The van der Waals surface area contributed by atoms with Crippen LogP contribution in [0, 0.1) is 12.8 Å². The highest BCUT2D eigenvalue weighted by atomic mass is 16.5. The monoisotopic (exact) mass is 429 g/mol. The third-order valence-corrected chi connectivity index (χ3v) is 6.39. The van der Waals surface area contributed by atoms with E-state index in [0.717, 1.165) is 50.2 Å². The van der Waals surface area contributed by atoms with Crippen molar-refractivity contribution in [2.24, 2.45) is 5.92 Å². The van der Waals surface area contributed by atoms with Gasteiger partial charge in [-0.3, -0.25) is 9.59 Å². The van der Waals surface area contributed by atoms with E-state index in [2.05, 4.69) is 9.80 Å². The van der Waals surface area contributed by atoms with E-state index < -0.39 is 0 Å². The minimum Gasteiger partial charge on any atom is -0.484 e. The molecule has 2 fully saturated rings. The zero-order valence-electron chi connectivity index (χ0n) is 19.5. The molecule has 0 aliphatic carbocycles. The summed E-state index contributed by atoms with van der Waals surface area (Å²) in [5.41, 5.74) is 1.11. The maximum Gasteiger partial charge on any atom is 0.260 e. The van der Waals surface area contributed by atoms with Crippen molar-refractivity contribution in [1.82, 2.24) is 14.7 Å². The third-order valence-electron chi connectivity index (χ3n) is 6.39. The molecule has 2 amide bonds. The standard InChI is InChI=1S/C25H39N3O3/c1-20(2)25(30)28(16-8-14-26-12-4-5-13-26)22-10-7-15-27(18-22)24(29)19-31-23-11-6-9-21(3)17-23/h6,9,11,17,20,22H,4-5,7-8,10,12-16,18-19H2,1-3H3. The molecule has 0 saturated carbocycles. The van der Waals surface area contributed by atoms with Crippen LogP contribution in [0.2, 0.25) is 0 Å². The van der Waals surface area contributed by atoms with Gasteiger partial charge in [-0.2, -0.15) is 0 Å². The molecular formula is C25H39N3O3. The Labute approximate surface area is 187 Å². The summed E-state index contributed by atoms with van der Waals surface area (Å²) in [4.78, 5) is 32.2. The molecule has 6 nitrogen and oxygen atoms in total. The van der Waals surface area contributed by atoms with Crippen LogP contribution in [0.4, 0.5) is 0 Å². The number of carbonyl (C=O) groups excluding carboxylic acids is 2. The molecule has 2 heterocycles. The minimum atomic E-state index is -0.0254. The first kappa shape index (κ1) is 23.6. The van der Waals surface area contributed by atoms with E-state index in [1.54, 1.807) is 0 Å². The number of hydrogen-bond donors (Lipinski definition) is 0. The predicted molar refractivity (Wildman–Crippen MR) is 123 cm³/mol. The zero-order chi connectivity index (χ0) is 22.2. The van der Waals surface area contributed by atoms with Crippen LogP contribution < -0.4 is 4.74 Å². The van der Waals surface area contributed by atoms with Crippen molar-refractivity contribution in [3.8, 4) is 5.75 Å². The molecule has 3 rings (SSSR count). The highest BCUT2D eigenvalue weighted by Gasteiger charge is 2.31. The minimum absolute atomic E-state index is 0.000203. The fraction of sp³-hybridized carbons (Fsp3) is 0.680. The Morgan fingerprint density at radius 3 is 2.65 bits per heavy atom. The van der Waals surface area contributed by atoms with Gasteiger partial charge < -0.3 is 19.4 Å². The molecule has 31 heavy (non-hydrogen) atoms. The van der Waals surface area contributed by atoms with E-state index in [-0.39, 0.29) is 30.4 Å². The van der Waals surface area contributed by atoms with Crippen molar-refractivity contribution in [3.63, 3.8) is 0 Å². The summed E-state index contributed by atoms with van der Waals surface area (Å²) < 4.78 is 5.73. The second kappa shape index (κ2) is 11.5. The lowest BCUT2D eigenvalue weighted by Gasteiger charge is -2.40. The summed E-state index contributed by atoms with van der Waals surface area (Å²) in [5, 5.41) is 0. The number of likely N-dealkylation sites (tertiary alicyclic amines) is 2. The summed E-state index contributed by atoms with van der Waals surface area (Å²) in [6, 6.07) is 7.86. The number of amides is 2. The number of piperidine rings is 1. The fourth-order valence-corrected chi connectivity index (χ4v) is 4.65. The molecule has 172 valence electrons. The molecule has 1 aromatic carbocycles. The molecule has 2 saturated heterocycles. The molecule has 0 N–H and O–H groups in total. The Hall–Kier alpha value is -2.08. The van der Waals surface area contributed by atoms with E-state index in [9.17, 15) is 9.59 Å². The highest BCUT2D eigenvalue weighted by Crippen LogP contribution is 2.20. The molecule has 2 aliphatic rings. The summed E-state index contributed by atoms with van der Waals surface area (Å²) in [5.74, 6) is 0.903. The second-order valence-corrected chi connectivity index (χ2v) is 9.33. The van der Waals surface area contributed by atoms with Crippen molar-refractivity contribution >= 4 is 11.8 Å². The number of ether oxygens (including phenoxy) is 1. The second-order valence-electron chi connectivity index (χ2n) is 9.33. The van der Waals surface area contributed by atoms with Crippen LogP contribution in [-0.2, 0) is 9.59 Å². The number of carbonyl (C=O) groups is 2. The van der Waals surface area contributed by atoms with Crippen molar-refractivity contribution in [3.05, 3.63) is 29.8 Å². The number of nitrogens with zero attached hydrogens (tertiary/aromatic N) is 3. The highest BCUT2D eigenvalue weighted by molar-refractivity contribution is 5.79. The van der Waals surface area contributed by atoms with Crippen LogP contribution in [-0.4, -0.2) is 78.4 Å². The van der Waals surface area contributed by atoms with Crippen molar-refractivity contribution in [2.75, 3.05) is 45.9 Å². The number of benzene rings is 1. The van der Waals surface area contributed by atoms with E-state index in [1.807, 2.05) is 49.9 Å². The molecule has 6 heteroatoms. The van der Waals surface area contributed by atoms with Crippen LogP contribution in [0.25, 0.3) is 0 Å². The number of aryl methyl sites for hydroxylation is 1. The van der Waals surface area contributed by atoms with Gasteiger partial charge in [-0.1, -0.05) is 26.0 Å². The Morgan fingerprint density at radius 2 is 1.94 bits per heavy atom. The van der Waals surface area contributed by atoms with E-state index in [0.29, 0.717) is 6.54 Å². The Bertz CT molecular complexity index is 730. The van der Waals surface area contributed by atoms with Gasteiger partial charge in [0.05, 0.1) is 0 Å². The van der Waals surface area contributed by atoms with Gasteiger partial charge in [-0.15, -0.1) is 0 Å². The molecule has 1 unspecified atom stereocenters. The summed E-state index contributed by atoms with van der Waals surface area (Å²) in [7, 11) is 0. The predicted octanol–water partition coefficient (Wildman–Crippen LogP) is 3.34. The summed E-state index contributed by atoms with van der Waals surface area (Å²) >= 11 is 0. The van der Waals surface area contributed by atoms with Gasteiger partial charge in [-0.05, 0) is 76.4 Å². The van der Waals surface area contributed by atoms with Crippen LogP contribution in [0.1, 0.15) is 51.5 Å². The van der Waals surface area contributed by atoms with Gasteiger partial charge in [0.2, 0.25) is 5.91 Å². The lowest BCUT2D eigenvalue weighted by atomic mass is 10.0. The fourth-order valence-electron chi connectivity index (χ4n) is 4.65. The summed E-state index contributed by atoms with van der Waals surface area (Å²) in [6.45, 7) is 11.5. The van der Waals surface area contributed by atoms with Gasteiger partial charge in [0, 0.05) is 31.6 Å². The number of hydrogen-bond acceptors (Lipinski definition) is 4. The van der Waals surface area contributed by atoms with Gasteiger partial charge in [0.15, 0.2) is 6.61 Å². The molecule has 0 bridgehead atoms. The summed E-state index contributed by atoms with van der Waals surface area (Å²) in [6.07, 6.45) is 5.47. The van der Waals surface area contributed by atoms with Gasteiger partial charge in [-0.25, -0.2) is 0 Å². The molecular weight excluding hydrogens is 390 g/mol. The first-order valence-electron chi connectivity index (χ1n) is 11.9. The topological polar surface area (TPSA) is 53.1 Å². The van der Waals surface area contributed by atoms with E-state index in [1.165, 1.54) is 25.9 Å². The lowest BCUT2D eigenvalue weighted by molar-refractivity contribution is -0.142. The van der Waals surface area contributed by atoms with Gasteiger partial charge in [0.1, 0.15) is 5.75 Å². The van der Waals surface area contributed by atoms with Gasteiger partial charge in [0.25, 0.3) is 5.91 Å². The molecule has 0 spiro atoms. The van der Waals surface area contributed by atoms with Crippen molar-refractivity contribution < 1.29 is 14.3 Å². The van der Waals surface area contributed by atoms with Crippen molar-refractivity contribution in [2.45, 2.75) is 58.9 Å². The first-order chi connectivity index (χ1) is 14.9. The SMILES string of the molecule is Cc1cccc(OCC(=O)N2CCCC(N(CCCN3CCCC3)C(=O)C(C)C)C2)c1. The lowest BCUT2D eigenvalue weighted by Crippen LogP contribution is -2.53. The Kier molecular flexibility index (Phi) is 8.76. The van der Waals surface area contributed by atoms with Gasteiger partial charge >= 0.3 is 0 Å². The molecule has 2 aliphatic heterocycles.